The molecule has 1 N–H and O–H groups in total. The molecule has 0 aliphatic heterocycles. The topological polar surface area (TPSA) is 59.9 Å². The molecule has 0 radical (unpaired) electrons. The third-order valence-electron chi connectivity index (χ3n) is 3.99. The van der Waals surface area contributed by atoms with Crippen LogP contribution < -0.4 is 10.1 Å². The first kappa shape index (κ1) is 17.1. The van der Waals surface area contributed by atoms with Crippen LogP contribution in [0.3, 0.4) is 0 Å². The molecule has 28 heavy (non-hydrogen) atoms. The monoisotopic (exact) mass is 362 g/mol. The molecule has 5 nitrogen and oxygen atoms in total. The molecule has 0 amide bonds. The fraction of sp³-hybridized carbons (Fsp3) is 0. The van der Waals surface area contributed by atoms with Crippen molar-refractivity contribution in [3.63, 3.8) is 0 Å². The Morgan fingerprint density at radius 2 is 1.82 bits per heavy atom. The van der Waals surface area contributed by atoms with Gasteiger partial charge in [-0.05, 0) is 48.4 Å². The first-order valence-electron chi connectivity index (χ1n) is 8.46. The van der Waals surface area contributed by atoms with Crippen molar-refractivity contribution in [2.24, 2.45) is 0 Å². The van der Waals surface area contributed by atoms with E-state index in [0.29, 0.717) is 28.7 Å². The Labute approximate surface area is 162 Å². The molecule has 0 unspecified atom stereocenters. The van der Waals surface area contributed by atoms with Crippen LogP contribution >= 0.6 is 0 Å². The Hall–Kier alpha value is -4.35. The van der Waals surface area contributed by atoms with Gasteiger partial charge in [-0.2, -0.15) is 0 Å². The molecule has 4 rings (SSSR count). The summed E-state index contributed by atoms with van der Waals surface area (Å²) in [5, 5.41) is 4.14. The second kappa shape index (κ2) is 7.49. The van der Waals surface area contributed by atoms with E-state index < -0.39 is 0 Å². The molecule has 0 aliphatic rings. The van der Waals surface area contributed by atoms with Gasteiger partial charge in [0.15, 0.2) is 0 Å². The molecule has 0 fully saturated rings. The van der Waals surface area contributed by atoms with Crippen LogP contribution in [-0.4, -0.2) is 15.0 Å². The Bertz CT molecular complexity index is 1240. The summed E-state index contributed by atoms with van der Waals surface area (Å²) in [6.45, 7) is 0. The summed E-state index contributed by atoms with van der Waals surface area (Å²) in [5.74, 6) is 7.24. The zero-order valence-electron chi connectivity index (χ0n) is 14.8. The van der Waals surface area contributed by atoms with Gasteiger partial charge in [-0.3, -0.25) is 4.98 Å². The molecule has 5 heteroatoms. The molecule has 2 aromatic carbocycles. The molecular formula is C23H14N4O. The van der Waals surface area contributed by atoms with Gasteiger partial charge < -0.3 is 10.1 Å². The average molecular weight is 362 g/mol. The van der Waals surface area contributed by atoms with Crippen LogP contribution in [0.1, 0.15) is 11.4 Å². The normalized spacial score (nSPS) is 10.1. The number of anilines is 2. The van der Waals surface area contributed by atoms with Gasteiger partial charge in [0.1, 0.15) is 17.3 Å². The fourth-order valence-electron chi connectivity index (χ4n) is 2.72. The van der Waals surface area contributed by atoms with Crippen molar-refractivity contribution in [2.45, 2.75) is 0 Å². The third-order valence-corrected chi connectivity index (χ3v) is 3.99. The molecule has 0 spiro atoms. The van der Waals surface area contributed by atoms with Crippen LogP contribution in [-0.2, 0) is 0 Å². The average Bonchev–Trinajstić information content (AvgIpc) is 2.75. The van der Waals surface area contributed by atoms with E-state index in [9.17, 15) is 0 Å². The van der Waals surface area contributed by atoms with E-state index in [1.54, 1.807) is 24.5 Å². The zero-order valence-corrected chi connectivity index (χ0v) is 14.8. The van der Waals surface area contributed by atoms with Gasteiger partial charge in [-0.25, -0.2) is 9.97 Å². The van der Waals surface area contributed by atoms with E-state index in [1.807, 2.05) is 42.5 Å². The number of benzene rings is 2. The Morgan fingerprint density at radius 3 is 2.61 bits per heavy atom. The highest BCUT2D eigenvalue weighted by Crippen LogP contribution is 2.29. The lowest BCUT2D eigenvalue weighted by molar-refractivity contribution is 0.479. The summed E-state index contributed by atoms with van der Waals surface area (Å²) in [6, 6.07) is 16.7. The van der Waals surface area contributed by atoms with Crippen LogP contribution in [0, 0.1) is 24.7 Å². The van der Waals surface area contributed by atoms with Gasteiger partial charge in [0.05, 0.1) is 17.3 Å². The number of rotatable bonds is 4. The van der Waals surface area contributed by atoms with Crippen molar-refractivity contribution in [3.05, 3.63) is 78.4 Å². The van der Waals surface area contributed by atoms with Gasteiger partial charge in [-0.15, -0.1) is 12.8 Å². The van der Waals surface area contributed by atoms with Crippen molar-refractivity contribution in [3.8, 4) is 36.2 Å². The summed E-state index contributed by atoms with van der Waals surface area (Å²) in [6.07, 6.45) is 14.5. The molecule has 0 bridgehead atoms. The highest BCUT2D eigenvalue weighted by atomic mass is 16.5. The molecule has 0 saturated carbocycles. The van der Waals surface area contributed by atoms with Crippen molar-refractivity contribution in [2.75, 3.05) is 5.32 Å². The predicted octanol–water partition coefficient (Wildman–Crippen LogP) is 4.52. The number of terminal acetylenes is 2. The molecule has 2 aromatic heterocycles. The summed E-state index contributed by atoms with van der Waals surface area (Å²) >= 11 is 0. The quantitative estimate of drug-likeness (QED) is 0.541. The fourth-order valence-corrected chi connectivity index (χ4v) is 2.72. The van der Waals surface area contributed by atoms with E-state index in [1.165, 1.54) is 0 Å². The molecule has 0 saturated heterocycles. The number of ether oxygens (including phenoxy) is 1. The number of nitrogens with zero attached hydrogens (tertiary/aromatic N) is 3. The standard InChI is InChI=1S/C23H14N4O/c1-3-16-14-17(11-12-21(16)28-18-8-7-13-24-15-18)25-23-19-9-5-6-10-20(19)26-22(4-2)27-23/h1-2,5-15H,(H,25,26,27). The molecular weight excluding hydrogens is 348 g/mol. The first-order valence-corrected chi connectivity index (χ1v) is 8.46. The lowest BCUT2D eigenvalue weighted by atomic mass is 10.1. The molecule has 0 atom stereocenters. The Morgan fingerprint density at radius 1 is 0.929 bits per heavy atom. The lowest BCUT2D eigenvalue weighted by Crippen LogP contribution is -2.00. The number of para-hydroxylation sites is 1. The smallest absolute Gasteiger partial charge is 0.207 e. The number of hydrogen-bond donors (Lipinski definition) is 1. The van der Waals surface area contributed by atoms with Gasteiger partial charge >= 0.3 is 0 Å². The molecule has 2 heterocycles. The number of fused-ring (bicyclic) bond motifs is 1. The van der Waals surface area contributed by atoms with Crippen molar-refractivity contribution < 1.29 is 4.74 Å². The SMILES string of the molecule is C#Cc1nc(Nc2ccc(Oc3cccnc3)c(C#C)c2)c2ccccc2n1. The van der Waals surface area contributed by atoms with E-state index in [4.69, 9.17) is 17.6 Å². The Balaban J connectivity index is 1.69. The van der Waals surface area contributed by atoms with Crippen molar-refractivity contribution in [1.82, 2.24) is 15.0 Å². The van der Waals surface area contributed by atoms with Gasteiger partial charge in [-0.1, -0.05) is 18.1 Å². The van der Waals surface area contributed by atoms with Crippen LogP contribution in [0.4, 0.5) is 11.5 Å². The van der Waals surface area contributed by atoms with Crippen LogP contribution in [0.2, 0.25) is 0 Å². The predicted molar refractivity (Wildman–Crippen MR) is 109 cm³/mol. The minimum Gasteiger partial charge on any atom is -0.454 e. The molecule has 4 aromatic rings. The second-order valence-electron chi connectivity index (χ2n) is 5.83. The van der Waals surface area contributed by atoms with Crippen LogP contribution in [0.5, 0.6) is 11.5 Å². The maximum Gasteiger partial charge on any atom is 0.207 e. The molecule has 0 aliphatic carbocycles. The molecule has 132 valence electrons. The van der Waals surface area contributed by atoms with Crippen LogP contribution in [0.15, 0.2) is 67.0 Å². The number of hydrogen-bond acceptors (Lipinski definition) is 5. The summed E-state index contributed by atoms with van der Waals surface area (Å²) in [4.78, 5) is 12.8. The first-order chi connectivity index (χ1) is 13.8. The largest absolute Gasteiger partial charge is 0.454 e. The van der Waals surface area contributed by atoms with E-state index in [0.717, 1.165) is 16.6 Å². The summed E-state index contributed by atoms with van der Waals surface area (Å²) in [7, 11) is 0. The van der Waals surface area contributed by atoms with E-state index >= 15 is 0 Å². The van der Waals surface area contributed by atoms with Gasteiger partial charge in [0.25, 0.3) is 0 Å². The lowest BCUT2D eigenvalue weighted by Gasteiger charge is -2.12. The highest BCUT2D eigenvalue weighted by molar-refractivity contribution is 5.91. The summed E-state index contributed by atoms with van der Waals surface area (Å²) < 4.78 is 5.83. The highest BCUT2D eigenvalue weighted by Gasteiger charge is 2.09. The van der Waals surface area contributed by atoms with Gasteiger partial charge in [0.2, 0.25) is 5.82 Å². The maximum absolute atomic E-state index is 5.83. The van der Waals surface area contributed by atoms with Crippen molar-refractivity contribution in [1.29, 1.82) is 0 Å². The summed E-state index contributed by atoms with van der Waals surface area (Å²) in [5.41, 5.74) is 2.13. The minimum atomic E-state index is 0.315. The second-order valence-corrected chi connectivity index (χ2v) is 5.83. The van der Waals surface area contributed by atoms with Crippen LogP contribution in [0.25, 0.3) is 10.9 Å². The Kier molecular flexibility index (Phi) is 4.57. The van der Waals surface area contributed by atoms with E-state index in [-0.39, 0.29) is 0 Å². The zero-order chi connectivity index (χ0) is 19.3. The minimum absolute atomic E-state index is 0.315. The van der Waals surface area contributed by atoms with Gasteiger partial charge in [0, 0.05) is 17.3 Å². The number of aromatic nitrogens is 3. The number of pyridine rings is 1. The van der Waals surface area contributed by atoms with Crippen molar-refractivity contribution >= 4 is 22.4 Å². The number of nitrogens with one attached hydrogen (secondary N) is 1. The third kappa shape index (κ3) is 3.46. The maximum atomic E-state index is 5.83. The van der Waals surface area contributed by atoms with E-state index in [2.05, 4.69) is 32.1 Å².